The molecule has 2 rings (SSSR count). The fraction of sp³-hybridized carbons (Fsp3) is 0.261. The van der Waals surface area contributed by atoms with Crippen molar-refractivity contribution < 1.29 is 14.3 Å². The van der Waals surface area contributed by atoms with Crippen molar-refractivity contribution in [2.45, 2.75) is 32.7 Å². The molecule has 0 aliphatic heterocycles. The minimum absolute atomic E-state index is 0.152. The van der Waals surface area contributed by atoms with Gasteiger partial charge in [0.2, 0.25) is 0 Å². The largest absolute Gasteiger partial charge is 0.451 e. The number of rotatable bonds is 7. The Bertz CT molecular complexity index is 878. The van der Waals surface area contributed by atoms with Crippen LogP contribution in [0.15, 0.2) is 60.2 Å². The third kappa shape index (κ3) is 6.10. The molecule has 0 saturated heterocycles. The predicted octanol–water partition coefficient (Wildman–Crippen LogP) is 4.14. The fourth-order valence-electron chi connectivity index (χ4n) is 2.60. The smallest absolute Gasteiger partial charge is 0.349 e. The number of amides is 1. The second-order valence-electron chi connectivity index (χ2n) is 6.77. The average molecular weight is 376 g/mol. The Morgan fingerprint density at radius 1 is 1.04 bits per heavy atom. The van der Waals surface area contributed by atoms with E-state index in [-0.39, 0.29) is 11.6 Å². The van der Waals surface area contributed by atoms with Crippen LogP contribution in [0.3, 0.4) is 0 Å². The van der Waals surface area contributed by atoms with Gasteiger partial charge < -0.3 is 10.1 Å². The van der Waals surface area contributed by atoms with Crippen molar-refractivity contribution in [3.05, 3.63) is 76.9 Å². The zero-order valence-electron chi connectivity index (χ0n) is 16.3. The average Bonchev–Trinajstić information content (AvgIpc) is 2.71. The van der Waals surface area contributed by atoms with Crippen LogP contribution in [0.25, 0.3) is 6.08 Å². The highest BCUT2D eigenvalue weighted by Crippen LogP contribution is 2.16. The molecule has 2 aromatic rings. The molecule has 0 bridgehead atoms. The SMILES string of the molecule is CC(C)c1ccc(/C=C(\C#N)C(=O)OCC(=O)N[C@H](C)c2ccccc2)cc1. The molecule has 0 heterocycles. The van der Waals surface area contributed by atoms with Crippen LogP contribution in [0, 0.1) is 11.3 Å². The lowest BCUT2D eigenvalue weighted by Gasteiger charge is -2.14. The second kappa shape index (κ2) is 10.1. The molecule has 0 spiro atoms. The molecule has 1 atom stereocenters. The number of hydrogen-bond acceptors (Lipinski definition) is 4. The molecule has 2 aromatic carbocycles. The van der Waals surface area contributed by atoms with Gasteiger partial charge in [0.1, 0.15) is 11.6 Å². The van der Waals surface area contributed by atoms with Gasteiger partial charge >= 0.3 is 5.97 Å². The van der Waals surface area contributed by atoms with Crippen molar-refractivity contribution in [2.75, 3.05) is 6.61 Å². The van der Waals surface area contributed by atoms with Crippen molar-refractivity contribution in [3.63, 3.8) is 0 Å². The number of carbonyl (C=O) groups excluding carboxylic acids is 2. The van der Waals surface area contributed by atoms with Gasteiger partial charge in [0.05, 0.1) is 6.04 Å². The highest BCUT2D eigenvalue weighted by molar-refractivity contribution is 5.98. The van der Waals surface area contributed by atoms with E-state index in [2.05, 4.69) is 19.2 Å². The lowest BCUT2D eigenvalue weighted by Crippen LogP contribution is -2.31. The zero-order valence-corrected chi connectivity index (χ0v) is 16.3. The number of esters is 1. The molecule has 0 aliphatic rings. The molecule has 0 saturated carbocycles. The first-order chi connectivity index (χ1) is 13.4. The van der Waals surface area contributed by atoms with Crippen LogP contribution in [0.5, 0.6) is 0 Å². The number of nitrogens with zero attached hydrogens (tertiary/aromatic N) is 1. The number of benzene rings is 2. The number of carbonyl (C=O) groups is 2. The van der Waals surface area contributed by atoms with Gasteiger partial charge in [-0.1, -0.05) is 68.4 Å². The molecule has 0 aliphatic carbocycles. The van der Waals surface area contributed by atoms with Gasteiger partial charge in [-0.3, -0.25) is 4.79 Å². The first kappa shape index (κ1) is 20.9. The van der Waals surface area contributed by atoms with Gasteiger partial charge in [0.15, 0.2) is 6.61 Å². The first-order valence-corrected chi connectivity index (χ1v) is 9.14. The van der Waals surface area contributed by atoms with Crippen LogP contribution in [0.4, 0.5) is 0 Å². The van der Waals surface area contributed by atoms with E-state index in [0.717, 1.165) is 11.1 Å². The van der Waals surface area contributed by atoms with Crippen molar-refractivity contribution >= 4 is 18.0 Å². The fourth-order valence-corrected chi connectivity index (χ4v) is 2.60. The molecule has 0 fully saturated rings. The predicted molar refractivity (Wildman–Crippen MR) is 108 cm³/mol. The van der Waals surface area contributed by atoms with E-state index in [4.69, 9.17) is 4.74 Å². The molecule has 1 N–H and O–H groups in total. The maximum absolute atomic E-state index is 12.1. The molecule has 1 amide bonds. The van der Waals surface area contributed by atoms with E-state index in [1.807, 2.05) is 67.6 Å². The number of nitriles is 1. The Morgan fingerprint density at radius 3 is 2.25 bits per heavy atom. The van der Waals surface area contributed by atoms with Crippen LogP contribution in [-0.4, -0.2) is 18.5 Å². The van der Waals surface area contributed by atoms with Crippen LogP contribution in [-0.2, 0) is 14.3 Å². The molecule has 0 unspecified atom stereocenters. The molecule has 5 nitrogen and oxygen atoms in total. The number of ether oxygens (including phenoxy) is 1. The summed E-state index contributed by atoms with van der Waals surface area (Å²) in [6.07, 6.45) is 1.46. The first-order valence-electron chi connectivity index (χ1n) is 9.14. The summed E-state index contributed by atoms with van der Waals surface area (Å²) in [5.41, 5.74) is 2.69. The number of hydrogen-bond donors (Lipinski definition) is 1. The molecular formula is C23H24N2O3. The van der Waals surface area contributed by atoms with Gasteiger partial charge in [0.25, 0.3) is 5.91 Å². The lowest BCUT2D eigenvalue weighted by molar-refractivity contribution is -0.144. The Balaban J connectivity index is 1.92. The van der Waals surface area contributed by atoms with Crippen LogP contribution in [0.1, 0.15) is 49.4 Å². The highest BCUT2D eigenvalue weighted by Gasteiger charge is 2.15. The molecule has 0 radical (unpaired) electrons. The van der Waals surface area contributed by atoms with E-state index >= 15 is 0 Å². The summed E-state index contributed by atoms with van der Waals surface area (Å²) in [7, 11) is 0. The lowest BCUT2D eigenvalue weighted by atomic mass is 10.0. The normalized spacial score (nSPS) is 12.2. The minimum Gasteiger partial charge on any atom is -0.451 e. The summed E-state index contributed by atoms with van der Waals surface area (Å²) in [5.74, 6) is -0.851. The van der Waals surface area contributed by atoms with Crippen molar-refractivity contribution in [2.24, 2.45) is 0 Å². The van der Waals surface area contributed by atoms with E-state index in [0.29, 0.717) is 5.92 Å². The summed E-state index contributed by atoms with van der Waals surface area (Å²) in [5, 5.41) is 12.0. The summed E-state index contributed by atoms with van der Waals surface area (Å²) in [6.45, 7) is 5.58. The number of nitrogens with one attached hydrogen (secondary N) is 1. The van der Waals surface area contributed by atoms with Gasteiger partial charge in [-0.05, 0) is 35.6 Å². The van der Waals surface area contributed by atoms with Gasteiger partial charge in [0, 0.05) is 0 Å². The third-order valence-electron chi connectivity index (χ3n) is 4.27. The molecule has 0 aromatic heterocycles. The summed E-state index contributed by atoms with van der Waals surface area (Å²) in [6, 6.07) is 18.7. The maximum atomic E-state index is 12.1. The summed E-state index contributed by atoms with van der Waals surface area (Å²) >= 11 is 0. The second-order valence-corrected chi connectivity index (χ2v) is 6.77. The monoisotopic (exact) mass is 376 g/mol. The molecule has 28 heavy (non-hydrogen) atoms. The Hall–Kier alpha value is -3.39. The Kier molecular flexibility index (Phi) is 7.53. The van der Waals surface area contributed by atoms with E-state index < -0.39 is 18.5 Å². The summed E-state index contributed by atoms with van der Waals surface area (Å²) in [4.78, 5) is 24.1. The van der Waals surface area contributed by atoms with Crippen LogP contribution < -0.4 is 5.32 Å². The standard InChI is InChI=1S/C23H24N2O3/c1-16(2)19-11-9-18(10-12-19)13-21(14-24)23(27)28-15-22(26)25-17(3)20-7-5-4-6-8-20/h4-13,16-17H,15H2,1-3H3,(H,25,26)/b21-13+/t17-/m1/s1. The van der Waals surface area contributed by atoms with E-state index in [1.165, 1.54) is 11.6 Å². The highest BCUT2D eigenvalue weighted by atomic mass is 16.5. The third-order valence-corrected chi connectivity index (χ3v) is 4.27. The topological polar surface area (TPSA) is 79.2 Å². The van der Waals surface area contributed by atoms with Crippen molar-refractivity contribution in [3.8, 4) is 6.07 Å². The molecule has 144 valence electrons. The Labute approximate surface area is 165 Å². The van der Waals surface area contributed by atoms with Crippen LogP contribution in [0.2, 0.25) is 0 Å². The van der Waals surface area contributed by atoms with Gasteiger partial charge in [-0.2, -0.15) is 5.26 Å². The zero-order chi connectivity index (χ0) is 20.5. The minimum atomic E-state index is -0.821. The quantitative estimate of drug-likeness (QED) is 0.447. The molecular weight excluding hydrogens is 352 g/mol. The van der Waals surface area contributed by atoms with E-state index in [1.54, 1.807) is 0 Å². The van der Waals surface area contributed by atoms with Crippen molar-refractivity contribution in [1.82, 2.24) is 5.32 Å². The Morgan fingerprint density at radius 2 is 1.68 bits per heavy atom. The van der Waals surface area contributed by atoms with Crippen molar-refractivity contribution in [1.29, 1.82) is 5.26 Å². The van der Waals surface area contributed by atoms with Crippen LogP contribution >= 0.6 is 0 Å². The van der Waals surface area contributed by atoms with E-state index in [9.17, 15) is 14.9 Å². The molecule has 5 heteroatoms. The van der Waals surface area contributed by atoms with Gasteiger partial charge in [-0.25, -0.2) is 4.79 Å². The maximum Gasteiger partial charge on any atom is 0.349 e. The summed E-state index contributed by atoms with van der Waals surface area (Å²) < 4.78 is 4.99. The van der Waals surface area contributed by atoms with Gasteiger partial charge in [-0.15, -0.1) is 0 Å².